The summed E-state index contributed by atoms with van der Waals surface area (Å²) in [5.74, 6) is 0.294. The minimum absolute atomic E-state index is 0.0652. The van der Waals surface area contributed by atoms with Gasteiger partial charge in [0.1, 0.15) is 0 Å². The predicted molar refractivity (Wildman–Crippen MR) is 152 cm³/mol. The van der Waals surface area contributed by atoms with Crippen LogP contribution in [0.2, 0.25) is 0 Å². The minimum Gasteiger partial charge on any atom is -0.429 e. The maximum absolute atomic E-state index is 13.1. The normalized spacial score (nSPS) is 18.3. The van der Waals surface area contributed by atoms with Crippen molar-refractivity contribution in [2.75, 3.05) is 32.4 Å². The summed E-state index contributed by atoms with van der Waals surface area (Å²) in [7, 11) is -3.49. The highest BCUT2D eigenvalue weighted by Gasteiger charge is 2.33. The summed E-state index contributed by atoms with van der Waals surface area (Å²) in [5, 5.41) is 25.6. The van der Waals surface area contributed by atoms with E-state index in [9.17, 15) is 31.9 Å². The Bertz CT molecular complexity index is 1680. The van der Waals surface area contributed by atoms with Crippen LogP contribution in [0.15, 0.2) is 48.9 Å². The topological polar surface area (TPSA) is 117 Å². The van der Waals surface area contributed by atoms with E-state index in [0.717, 1.165) is 71.6 Å². The number of aromatic nitrogens is 4. The highest BCUT2D eigenvalue weighted by Crippen LogP contribution is 2.37. The molecule has 1 fully saturated rings. The lowest BCUT2D eigenvalue weighted by Crippen LogP contribution is -2.40. The lowest BCUT2D eigenvalue weighted by atomic mass is 9.88. The molecule has 2 N–H and O–H groups in total. The third kappa shape index (κ3) is 6.14. The van der Waals surface area contributed by atoms with Crippen LogP contribution >= 0.6 is 0 Å². The van der Waals surface area contributed by atoms with Gasteiger partial charge in [-0.25, -0.2) is 13.1 Å². The molecule has 1 saturated heterocycles. The van der Waals surface area contributed by atoms with E-state index in [0.29, 0.717) is 35.7 Å². The van der Waals surface area contributed by atoms with Crippen molar-refractivity contribution in [1.29, 1.82) is 0 Å². The molecule has 10 nitrogen and oxygen atoms in total. The van der Waals surface area contributed by atoms with Gasteiger partial charge in [-0.3, -0.25) is 9.67 Å². The molecule has 230 valence electrons. The summed E-state index contributed by atoms with van der Waals surface area (Å²) in [6.07, 6.45) is 3.13. The van der Waals surface area contributed by atoms with E-state index in [1.54, 1.807) is 23.1 Å². The molecule has 5 heterocycles. The molecule has 0 radical (unpaired) electrons. The molecule has 0 spiro atoms. The van der Waals surface area contributed by atoms with Gasteiger partial charge in [-0.2, -0.15) is 22.6 Å². The Morgan fingerprint density at radius 2 is 1.79 bits per heavy atom. The maximum atomic E-state index is 13.1. The van der Waals surface area contributed by atoms with Crippen molar-refractivity contribution < 1.29 is 31.9 Å². The molecular weight excluding hydrogens is 585 g/mol. The Morgan fingerprint density at radius 3 is 2.47 bits per heavy atom. The Labute approximate surface area is 247 Å². The molecular formula is C29H33F3N6O4S. The number of fused-ring (bicyclic) bond motifs is 2. The fraction of sp³-hybridized carbons (Fsp3) is 0.448. The van der Waals surface area contributed by atoms with Gasteiger partial charge < -0.3 is 15.2 Å². The lowest BCUT2D eigenvalue weighted by molar-refractivity contribution is -0.137. The second kappa shape index (κ2) is 11.2. The Hall–Kier alpha value is -3.46. The zero-order chi connectivity index (χ0) is 30.5. The lowest BCUT2D eigenvalue weighted by Gasteiger charge is -2.33. The van der Waals surface area contributed by atoms with Gasteiger partial charge >= 0.3 is 6.18 Å². The zero-order valence-electron chi connectivity index (χ0n) is 23.6. The molecule has 1 atom stereocenters. The fourth-order valence-electron chi connectivity index (χ4n) is 6.28. The first-order valence-corrected chi connectivity index (χ1v) is 16.0. The van der Waals surface area contributed by atoms with E-state index in [-0.39, 0.29) is 19.6 Å². The van der Waals surface area contributed by atoms with Crippen LogP contribution in [0.3, 0.4) is 0 Å². The van der Waals surface area contributed by atoms with Gasteiger partial charge in [0.05, 0.1) is 42.1 Å². The summed E-state index contributed by atoms with van der Waals surface area (Å²) >= 11 is 0. The molecule has 0 bridgehead atoms. The van der Waals surface area contributed by atoms with E-state index in [1.807, 2.05) is 6.20 Å². The number of pyridine rings is 1. The number of sulfonamides is 1. The van der Waals surface area contributed by atoms with E-state index in [2.05, 4.69) is 9.88 Å². The van der Waals surface area contributed by atoms with Gasteiger partial charge in [-0.05, 0) is 55.6 Å². The highest BCUT2D eigenvalue weighted by atomic mass is 32.2. The second-order valence-electron chi connectivity index (χ2n) is 11.4. The number of nitrogens with zero attached hydrogens (tertiary/aromatic N) is 6. The van der Waals surface area contributed by atoms with Crippen LogP contribution in [0.25, 0.3) is 22.5 Å². The highest BCUT2D eigenvalue weighted by molar-refractivity contribution is 7.88. The van der Waals surface area contributed by atoms with E-state index >= 15 is 0 Å². The standard InChI is InChI=1S/C29H33F3N6O4S/c1-43(41,42)37-13-9-27-25(18-37)28(20-2-4-21(5-3-20)29(30,31)32)34-38(27)16-22(39)15-35-10-6-19(7-11-35)23-14-33-26-8-12-36(40)17-24(23)26/h2-5,8,12,14,17,19,22,39-40H,6-7,9-11,13,15-16,18H2,1H3/t22-/m0/s1. The summed E-state index contributed by atoms with van der Waals surface area (Å²) in [6, 6.07) is 6.46. The number of hydrogen-bond donors (Lipinski definition) is 2. The Morgan fingerprint density at radius 1 is 1.07 bits per heavy atom. The van der Waals surface area contributed by atoms with Crippen LogP contribution in [0, 0.1) is 0 Å². The van der Waals surface area contributed by atoms with Crippen LogP contribution in [-0.2, 0) is 35.7 Å². The zero-order valence-corrected chi connectivity index (χ0v) is 24.4. The van der Waals surface area contributed by atoms with Crippen molar-refractivity contribution in [3.63, 3.8) is 0 Å². The van der Waals surface area contributed by atoms with Gasteiger partial charge in [0.25, 0.3) is 0 Å². The molecule has 0 aliphatic carbocycles. The van der Waals surface area contributed by atoms with Gasteiger partial charge in [-0.15, -0.1) is 0 Å². The number of rotatable bonds is 7. The molecule has 43 heavy (non-hydrogen) atoms. The average molecular weight is 619 g/mol. The number of likely N-dealkylation sites (tertiary alicyclic amines) is 1. The molecule has 0 saturated carbocycles. The predicted octanol–water partition coefficient (Wildman–Crippen LogP) is 3.67. The van der Waals surface area contributed by atoms with Crippen LogP contribution in [0.4, 0.5) is 13.2 Å². The Balaban J connectivity index is 1.16. The number of aliphatic hydroxyl groups excluding tert-OH is 1. The van der Waals surface area contributed by atoms with Crippen molar-refractivity contribution in [3.05, 3.63) is 71.3 Å². The van der Waals surface area contributed by atoms with Crippen molar-refractivity contribution in [1.82, 2.24) is 28.7 Å². The molecule has 1 aromatic carbocycles. The van der Waals surface area contributed by atoms with Crippen molar-refractivity contribution in [3.8, 4) is 22.5 Å². The summed E-state index contributed by atoms with van der Waals surface area (Å²) < 4.78 is 68.1. The fourth-order valence-corrected chi connectivity index (χ4v) is 7.06. The van der Waals surface area contributed by atoms with E-state index in [1.165, 1.54) is 16.4 Å². The van der Waals surface area contributed by atoms with Crippen molar-refractivity contribution in [2.45, 2.75) is 50.6 Å². The van der Waals surface area contributed by atoms with Crippen LogP contribution < -0.4 is 0 Å². The molecule has 14 heteroatoms. The van der Waals surface area contributed by atoms with Crippen molar-refractivity contribution >= 4 is 10.0 Å². The number of piperidine rings is 1. The number of aliphatic hydroxyl groups is 1. The molecule has 0 amide bonds. The van der Waals surface area contributed by atoms with Crippen molar-refractivity contribution in [2.24, 2.45) is 0 Å². The molecule has 1 aromatic heterocycles. The summed E-state index contributed by atoms with van der Waals surface area (Å²) in [6.45, 7) is 2.47. The number of hydrogen-bond acceptors (Lipinski definition) is 7. The monoisotopic (exact) mass is 618 g/mol. The smallest absolute Gasteiger partial charge is 0.416 e. The first-order valence-electron chi connectivity index (χ1n) is 14.1. The van der Waals surface area contributed by atoms with Crippen LogP contribution in [0.1, 0.15) is 41.1 Å². The molecule has 4 aliphatic heterocycles. The number of benzene rings is 1. The second-order valence-corrected chi connectivity index (χ2v) is 13.4. The van der Waals surface area contributed by atoms with E-state index < -0.39 is 27.9 Å². The molecule has 0 unspecified atom stereocenters. The van der Waals surface area contributed by atoms with Gasteiger partial charge in [-0.1, -0.05) is 12.1 Å². The Kier molecular flexibility index (Phi) is 7.73. The SMILES string of the molecule is CS(=O)(=O)N1CCc2c(c(-c3ccc(C(F)(F)F)cc3)nn2C[C@@H](O)CN2CCC(c3cnc4ccn(O)cc3-4)CC2)C1. The van der Waals surface area contributed by atoms with Crippen LogP contribution in [-0.4, -0.2) is 86.0 Å². The first-order chi connectivity index (χ1) is 20.4. The van der Waals surface area contributed by atoms with Gasteiger partial charge in [0.2, 0.25) is 10.0 Å². The summed E-state index contributed by atoms with van der Waals surface area (Å²) in [4.78, 5) is 6.67. The maximum Gasteiger partial charge on any atom is 0.416 e. The number of β-amino-alcohol motifs (C(OH)–C–C–N with tert-alkyl or cyclic N) is 1. The molecule has 2 aromatic rings. The van der Waals surface area contributed by atoms with Gasteiger partial charge in [0, 0.05) is 60.8 Å². The minimum atomic E-state index is -4.47. The third-order valence-electron chi connectivity index (χ3n) is 8.51. The summed E-state index contributed by atoms with van der Waals surface area (Å²) in [5.41, 5.74) is 4.41. The first kappa shape index (κ1) is 29.6. The molecule has 6 rings (SSSR count). The molecule has 4 aliphatic rings. The largest absolute Gasteiger partial charge is 0.429 e. The van der Waals surface area contributed by atoms with Crippen LogP contribution in [0.5, 0.6) is 0 Å². The third-order valence-corrected chi connectivity index (χ3v) is 9.76. The quantitative estimate of drug-likeness (QED) is 0.304. The van der Waals surface area contributed by atoms with Gasteiger partial charge in [0.15, 0.2) is 0 Å². The number of halogens is 3. The van der Waals surface area contributed by atoms with E-state index in [4.69, 9.17) is 5.10 Å². The average Bonchev–Trinajstić information content (AvgIpc) is 3.53. The number of alkyl halides is 3.